The van der Waals surface area contributed by atoms with E-state index in [1.165, 1.54) is 11.6 Å². The zero-order valence-corrected chi connectivity index (χ0v) is 20.1. The van der Waals surface area contributed by atoms with Crippen molar-refractivity contribution in [1.29, 1.82) is 0 Å². The van der Waals surface area contributed by atoms with Crippen LogP contribution in [0.4, 0.5) is 0 Å². The van der Waals surface area contributed by atoms with Gasteiger partial charge < -0.3 is 19.4 Å². The Balaban J connectivity index is 1.70. The van der Waals surface area contributed by atoms with Gasteiger partial charge in [-0.1, -0.05) is 24.3 Å². The average molecular weight is 454 g/mol. The minimum atomic E-state index is -0.359. The molecule has 7 heteroatoms. The molecule has 3 rings (SSSR count). The standard InChI is InChI=1S/C26H35N3O4/c1-5-29-19(3)23(25(20(29)4)26(31)33-6-2)11-12-24(30)27-17-21-9-7-8-10-22(21)18-28-13-15-32-16-14-28/h7-12H,5-6,13-18H2,1-4H3,(H,27,30)/b12-11+. The maximum Gasteiger partial charge on any atom is 0.340 e. The quantitative estimate of drug-likeness (QED) is 0.465. The minimum Gasteiger partial charge on any atom is -0.462 e. The molecule has 1 saturated heterocycles. The van der Waals surface area contributed by atoms with Crippen molar-refractivity contribution in [2.45, 2.75) is 47.3 Å². The number of nitrogens with zero attached hydrogens (tertiary/aromatic N) is 2. The molecule has 0 unspecified atom stereocenters. The predicted octanol–water partition coefficient (Wildman–Crippen LogP) is 3.46. The van der Waals surface area contributed by atoms with Crippen molar-refractivity contribution in [2.24, 2.45) is 0 Å². The Bertz CT molecular complexity index is 1000. The number of benzene rings is 1. The third kappa shape index (κ3) is 6.12. The largest absolute Gasteiger partial charge is 0.462 e. The summed E-state index contributed by atoms with van der Waals surface area (Å²) in [6.07, 6.45) is 3.21. The molecule has 1 aliphatic rings. The maximum absolute atomic E-state index is 12.6. The van der Waals surface area contributed by atoms with Crippen LogP contribution in [0.2, 0.25) is 0 Å². The van der Waals surface area contributed by atoms with E-state index in [0.29, 0.717) is 18.7 Å². The topological polar surface area (TPSA) is 72.8 Å². The lowest BCUT2D eigenvalue weighted by Crippen LogP contribution is -2.36. The fourth-order valence-corrected chi connectivity index (χ4v) is 4.33. The first kappa shape index (κ1) is 24.7. The average Bonchev–Trinajstić information content (AvgIpc) is 3.06. The summed E-state index contributed by atoms with van der Waals surface area (Å²) in [4.78, 5) is 27.5. The van der Waals surface area contributed by atoms with E-state index >= 15 is 0 Å². The zero-order valence-electron chi connectivity index (χ0n) is 20.1. The Hall–Kier alpha value is -2.90. The lowest BCUT2D eigenvalue weighted by molar-refractivity contribution is -0.116. The van der Waals surface area contributed by atoms with E-state index in [2.05, 4.69) is 20.9 Å². The number of carbonyl (C=O) groups excluding carboxylic acids is 2. The molecule has 0 bridgehead atoms. The minimum absolute atomic E-state index is 0.202. The third-order valence-corrected chi connectivity index (χ3v) is 6.10. The normalized spacial score (nSPS) is 14.5. The summed E-state index contributed by atoms with van der Waals surface area (Å²) in [6.45, 7) is 13.4. The van der Waals surface area contributed by atoms with Gasteiger partial charge in [0.25, 0.3) is 0 Å². The number of morpholine rings is 1. The van der Waals surface area contributed by atoms with Crippen LogP contribution in [-0.4, -0.2) is 54.3 Å². The van der Waals surface area contributed by atoms with Gasteiger partial charge >= 0.3 is 5.97 Å². The second-order valence-corrected chi connectivity index (χ2v) is 8.13. The Morgan fingerprint density at radius 2 is 1.79 bits per heavy atom. The van der Waals surface area contributed by atoms with Gasteiger partial charge in [-0.3, -0.25) is 9.69 Å². The molecule has 33 heavy (non-hydrogen) atoms. The van der Waals surface area contributed by atoms with Crippen molar-refractivity contribution in [3.8, 4) is 0 Å². The summed E-state index contributed by atoms with van der Waals surface area (Å²) >= 11 is 0. The number of rotatable bonds is 9. The van der Waals surface area contributed by atoms with E-state index < -0.39 is 0 Å². The highest BCUT2D eigenvalue weighted by Crippen LogP contribution is 2.25. The second kappa shape index (κ2) is 11.8. The molecular weight excluding hydrogens is 418 g/mol. The monoisotopic (exact) mass is 453 g/mol. The van der Waals surface area contributed by atoms with Crippen molar-refractivity contribution in [1.82, 2.24) is 14.8 Å². The number of ether oxygens (including phenoxy) is 2. The van der Waals surface area contributed by atoms with Crippen LogP contribution in [0.5, 0.6) is 0 Å². The van der Waals surface area contributed by atoms with Crippen LogP contribution >= 0.6 is 0 Å². The first-order chi connectivity index (χ1) is 16.0. The Kier molecular flexibility index (Phi) is 8.86. The number of carbonyl (C=O) groups is 2. The summed E-state index contributed by atoms with van der Waals surface area (Å²) in [5, 5.41) is 2.98. The third-order valence-electron chi connectivity index (χ3n) is 6.10. The van der Waals surface area contributed by atoms with Gasteiger partial charge in [-0.2, -0.15) is 0 Å². The number of aromatic nitrogens is 1. The molecule has 7 nitrogen and oxygen atoms in total. The molecule has 0 spiro atoms. The molecule has 2 heterocycles. The Morgan fingerprint density at radius 1 is 1.09 bits per heavy atom. The van der Waals surface area contributed by atoms with Gasteiger partial charge in [0.05, 0.1) is 25.4 Å². The van der Waals surface area contributed by atoms with Crippen LogP contribution in [0.25, 0.3) is 6.08 Å². The first-order valence-corrected chi connectivity index (χ1v) is 11.7. The van der Waals surface area contributed by atoms with E-state index in [9.17, 15) is 9.59 Å². The highest BCUT2D eigenvalue weighted by atomic mass is 16.5. The van der Waals surface area contributed by atoms with Crippen molar-refractivity contribution >= 4 is 18.0 Å². The van der Waals surface area contributed by atoms with Crippen LogP contribution < -0.4 is 5.32 Å². The molecule has 178 valence electrons. The lowest BCUT2D eigenvalue weighted by Gasteiger charge is -2.27. The Labute approximate surface area is 196 Å². The first-order valence-electron chi connectivity index (χ1n) is 11.7. The molecule has 1 aromatic heterocycles. The molecule has 0 radical (unpaired) electrons. The van der Waals surface area contributed by atoms with Crippen LogP contribution in [-0.2, 0) is 33.9 Å². The smallest absolute Gasteiger partial charge is 0.340 e. The van der Waals surface area contributed by atoms with Crippen molar-refractivity contribution in [3.63, 3.8) is 0 Å². The number of hydrogen-bond donors (Lipinski definition) is 1. The number of hydrogen-bond acceptors (Lipinski definition) is 5. The number of nitrogens with one attached hydrogen (secondary N) is 1. The zero-order chi connectivity index (χ0) is 23.8. The lowest BCUT2D eigenvalue weighted by atomic mass is 10.1. The molecule has 1 aromatic carbocycles. The van der Waals surface area contributed by atoms with Gasteiger partial charge in [-0.05, 0) is 44.9 Å². The van der Waals surface area contributed by atoms with Gasteiger partial charge in [-0.25, -0.2) is 4.79 Å². The van der Waals surface area contributed by atoms with E-state index in [4.69, 9.17) is 9.47 Å². The molecule has 1 aliphatic heterocycles. The SMILES string of the molecule is CCOC(=O)c1c(/C=C/C(=O)NCc2ccccc2CN2CCOCC2)c(C)n(CC)c1C. The molecule has 1 N–H and O–H groups in total. The van der Waals surface area contributed by atoms with Gasteiger partial charge in [0, 0.05) is 55.8 Å². The predicted molar refractivity (Wildman–Crippen MR) is 129 cm³/mol. The molecule has 1 amide bonds. The maximum atomic E-state index is 12.6. The van der Waals surface area contributed by atoms with Crippen LogP contribution in [0.3, 0.4) is 0 Å². The number of amides is 1. The highest BCUT2D eigenvalue weighted by molar-refractivity contribution is 5.98. The van der Waals surface area contributed by atoms with Crippen molar-refractivity contribution in [2.75, 3.05) is 32.9 Å². The van der Waals surface area contributed by atoms with Crippen molar-refractivity contribution in [3.05, 3.63) is 64.0 Å². The second-order valence-electron chi connectivity index (χ2n) is 8.13. The molecule has 0 saturated carbocycles. The van der Waals surface area contributed by atoms with E-state index in [1.54, 1.807) is 13.0 Å². The highest BCUT2D eigenvalue weighted by Gasteiger charge is 2.22. The molecule has 0 atom stereocenters. The fraction of sp³-hybridized carbons (Fsp3) is 0.462. The molecule has 2 aromatic rings. The van der Waals surface area contributed by atoms with Crippen molar-refractivity contribution < 1.29 is 19.1 Å². The summed E-state index contributed by atoms with van der Waals surface area (Å²) in [7, 11) is 0. The van der Waals surface area contributed by atoms with Gasteiger partial charge in [0.15, 0.2) is 0 Å². The summed E-state index contributed by atoms with van der Waals surface area (Å²) in [5.74, 6) is -0.560. The fourth-order valence-electron chi connectivity index (χ4n) is 4.33. The van der Waals surface area contributed by atoms with Gasteiger partial charge in [-0.15, -0.1) is 0 Å². The number of esters is 1. The molecule has 1 fully saturated rings. The van der Waals surface area contributed by atoms with Gasteiger partial charge in [0.1, 0.15) is 0 Å². The van der Waals surface area contributed by atoms with Crippen LogP contribution in [0.15, 0.2) is 30.3 Å². The van der Waals surface area contributed by atoms with Crippen LogP contribution in [0.1, 0.15) is 52.3 Å². The Morgan fingerprint density at radius 3 is 2.45 bits per heavy atom. The molecular formula is C26H35N3O4. The summed E-state index contributed by atoms with van der Waals surface area (Å²) < 4.78 is 12.7. The van der Waals surface area contributed by atoms with E-state index in [-0.39, 0.29) is 11.9 Å². The summed E-state index contributed by atoms with van der Waals surface area (Å²) in [6, 6.07) is 8.18. The van der Waals surface area contributed by atoms with Crippen LogP contribution in [0, 0.1) is 13.8 Å². The summed E-state index contributed by atoms with van der Waals surface area (Å²) in [5.41, 5.74) is 5.36. The molecule has 0 aliphatic carbocycles. The van der Waals surface area contributed by atoms with E-state index in [1.807, 2.05) is 39.0 Å². The van der Waals surface area contributed by atoms with E-state index in [0.717, 1.165) is 61.9 Å². The van der Waals surface area contributed by atoms with Gasteiger partial charge in [0.2, 0.25) is 5.91 Å².